The molecular formula is C12H12BrClN2O. The second-order valence-electron chi connectivity index (χ2n) is 3.90. The maximum Gasteiger partial charge on any atom is 0.0847 e. The molecule has 1 N–H and O–H groups in total. The normalized spacial score (nSPS) is 12.7. The lowest BCUT2D eigenvalue weighted by Crippen LogP contribution is -2.03. The third kappa shape index (κ3) is 3.31. The van der Waals surface area contributed by atoms with Crippen LogP contribution in [0, 0.1) is 0 Å². The van der Waals surface area contributed by atoms with Crippen LogP contribution in [0.2, 0.25) is 5.02 Å². The molecule has 0 bridgehead atoms. The van der Waals surface area contributed by atoms with Gasteiger partial charge in [0.2, 0.25) is 0 Å². The van der Waals surface area contributed by atoms with Gasteiger partial charge in [0.05, 0.1) is 11.8 Å². The number of aryl methyl sites for hydroxylation is 1. The highest BCUT2D eigenvalue weighted by Gasteiger charge is 2.11. The number of nitrogens with zero attached hydrogens (tertiary/aromatic N) is 2. The summed E-state index contributed by atoms with van der Waals surface area (Å²) in [7, 11) is 1.85. The van der Waals surface area contributed by atoms with Gasteiger partial charge in [-0.25, -0.2) is 0 Å². The number of hydrogen-bond acceptors (Lipinski definition) is 2. The summed E-state index contributed by atoms with van der Waals surface area (Å²) in [5.74, 6) is 0. The van der Waals surface area contributed by atoms with Crippen molar-refractivity contribution in [2.75, 3.05) is 0 Å². The van der Waals surface area contributed by atoms with Crippen LogP contribution in [0.25, 0.3) is 0 Å². The van der Waals surface area contributed by atoms with Gasteiger partial charge in [0.25, 0.3) is 0 Å². The van der Waals surface area contributed by atoms with Gasteiger partial charge in [0, 0.05) is 29.2 Å². The van der Waals surface area contributed by atoms with Gasteiger partial charge in [-0.3, -0.25) is 4.68 Å². The predicted molar refractivity (Wildman–Crippen MR) is 71.0 cm³/mol. The van der Waals surface area contributed by atoms with Crippen LogP contribution in [0.4, 0.5) is 0 Å². The van der Waals surface area contributed by atoms with Crippen LogP contribution in [-0.2, 0) is 13.5 Å². The minimum absolute atomic E-state index is 0.480. The Bertz CT molecular complexity index is 507. The standard InChI is InChI=1S/C12H12BrClN2O/c1-16-3-2-11(15-16)7-12(17)8-4-9(13)6-10(14)5-8/h2-6,12,17H,7H2,1H3. The SMILES string of the molecule is Cn1ccc(CC(O)c2cc(Cl)cc(Br)c2)n1. The van der Waals surface area contributed by atoms with E-state index in [1.165, 1.54) is 0 Å². The lowest BCUT2D eigenvalue weighted by Gasteiger charge is -2.10. The van der Waals surface area contributed by atoms with E-state index in [2.05, 4.69) is 21.0 Å². The number of halogens is 2. The van der Waals surface area contributed by atoms with Crippen molar-refractivity contribution >= 4 is 27.5 Å². The van der Waals surface area contributed by atoms with E-state index in [1.54, 1.807) is 16.8 Å². The maximum atomic E-state index is 10.1. The molecule has 1 unspecified atom stereocenters. The monoisotopic (exact) mass is 314 g/mol. The molecule has 0 spiro atoms. The third-order valence-electron chi connectivity index (χ3n) is 2.44. The lowest BCUT2D eigenvalue weighted by atomic mass is 10.1. The fourth-order valence-electron chi connectivity index (χ4n) is 1.66. The zero-order chi connectivity index (χ0) is 12.4. The van der Waals surface area contributed by atoms with Crippen LogP contribution < -0.4 is 0 Å². The van der Waals surface area contributed by atoms with Crippen molar-refractivity contribution in [1.29, 1.82) is 0 Å². The molecule has 1 aromatic heterocycles. The van der Waals surface area contributed by atoms with Gasteiger partial charge in [-0.15, -0.1) is 0 Å². The maximum absolute atomic E-state index is 10.1. The minimum atomic E-state index is -0.597. The van der Waals surface area contributed by atoms with Gasteiger partial charge < -0.3 is 5.11 Å². The molecule has 0 amide bonds. The number of aromatic nitrogens is 2. The molecular weight excluding hydrogens is 304 g/mol. The number of aliphatic hydroxyl groups excluding tert-OH is 1. The van der Waals surface area contributed by atoms with E-state index in [0.29, 0.717) is 11.4 Å². The lowest BCUT2D eigenvalue weighted by molar-refractivity contribution is 0.177. The van der Waals surface area contributed by atoms with Gasteiger partial charge in [-0.05, 0) is 29.8 Å². The summed E-state index contributed by atoms with van der Waals surface area (Å²) in [5, 5.41) is 14.9. The Balaban J connectivity index is 2.16. The molecule has 0 radical (unpaired) electrons. The number of rotatable bonds is 3. The molecule has 17 heavy (non-hydrogen) atoms. The zero-order valence-corrected chi connectivity index (χ0v) is 11.6. The van der Waals surface area contributed by atoms with Gasteiger partial charge in [0.15, 0.2) is 0 Å². The molecule has 0 saturated heterocycles. The van der Waals surface area contributed by atoms with Crippen molar-refractivity contribution in [3.63, 3.8) is 0 Å². The highest BCUT2D eigenvalue weighted by atomic mass is 79.9. The Hall–Kier alpha value is -0.840. The average Bonchev–Trinajstić information content (AvgIpc) is 2.62. The molecule has 90 valence electrons. The Morgan fingerprint density at radius 3 is 2.82 bits per heavy atom. The van der Waals surface area contributed by atoms with Crippen LogP contribution in [0.3, 0.4) is 0 Å². The topological polar surface area (TPSA) is 38.0 Å². The van der Waals surface area contributed by atoms with Crippen molar-refractivity contribution in [3.05, 3.63) is 51.2 Å². The number of hydrogen-bond donors (Lipinski definition) is 1. The average molecular weight is 316 g/mol. The fraction of sp³-hybridized carbons (Fsp3) is 0.250. The van der Waals surface area contributed by atoms with Crippen LogP contribution in [0.15, 0.2) is 34.9 Å². The molecule has 0 fully saturated rings. The van der Waals surface area contributed by atoms with Crippen LogP contribution >= 0.6 is 27.5 Å². The fourth-order valence-corrected chi connectivity index (χ4v) is 2.54. The first-order chi connectivity index (χ1) is 8.04. The van der Waals surface area contributed by atoms with Crippen molar-refractivity contribution < 1.29 is 5.11 Å². The molecule has 0 saturated carbocycles. The summed E-state index contributed by atoms with van der Waals surface area (Å²) in [6.45, 7) is 0. The molecule has 1 atom stereocenters. The first-order valence-electron chi connectivity index (χ1n) is 5.17. The number of benzene rings is 1. The van der Waals surface area contributed by atoms with Crippen LogP contribution in [0.5, 0.6) is 0 Å². The molecule has 3 nitrogen and oxygen atoms in total. The number of aliphatic hydroxyl groups is 1. The van der Waals surface area contributed by atoms with Crippen molar-refractivity contribution in [2.24, 2.45) is 7.05 Å². The van der Waals surface area contributed by atoms with Gasteiger partial charge in [-0.1, -0.05) is 27.5 Å². The summed E-state index contributed by atoms with van der Waals surface area (Å²) in [6, 6.07) is 7.31. The Kier molecular flexibility index (Phi) is 3.86. The van der Waals surface area contributed by atoms with Crippen LogP contribution in [0.1, 0.15) is 17.4 Å². The van der Waals surface area contributed by atoms with Crippen LogP contribution in [-0.4, -0.2) is 14.9 Å². The van der Waals surface area contributed by atoms with E-state index in [1.807, 2.05) is 25.4 Å². The Morgan fingerprint density at radius 2 is 2.24 bits per heavy atom. The molecule has 0 aliphatic heterocycles. The van der Waals surface area contributed by atoms with E-state index < -0.39 is 6.10 Å². The van der Waals surface area contributed by atoms with Gasteiger partial charge in [-0.2, -0.15) is 5.10 Å². The second-order valence-corrected chi connectivity index (χ2v) is 5.26. The van der Waals surface area contributed by atoms with E-state index in [9.17, 15) is 5.11 Å². The van der Waals surface area contributed by atoms with Crippen molar-refractivity contribution in [3.8, 4) is 0 Å². The molecule has 2 rings (SSSR count). The summed E-state index contributed by atoms with van der Waals surface area (Å²) < 4.78 is 2.58. The highest BCUT2D eigenvalue weighted by Crippen LogP contribution is 2.25. The summed E-state index contributed by atoms with van der Waals surface area (Å²) in [5.41, 5.74) is 1.64. The van der Waals surface area contributed by atoms with Gasteiger partial charge in [0.1, 0.15) is 0 Å². The van der Waals surface area contributed by atoms with E-state index in [0.717, 1.165) is 15.7 Å². The van der Waals surface area contributed by atoms with E-state index in [-0.39, 0.29) is 0 Å². The quantitative estimate of drug-likeness (QED) is 0.945. The van der Waals surface area contributed by atoms with E-state index >= 15 is 0 Å². The van der Waals surface area contributed by atoms with Crippen molar-refractivity contribution in [1.82, 2.24) is 9.78 Å². The predicted octanol–water partition coefficient (Wildman–Crippen LogP) is 3.11. The molecule has 1 aromatic carbocycles. The highest BCUT2D eigenvalue weighted by molar-refractivity contribution is 9.10. The Labute approximate surface area is 113 Å². The van der Waals surface area contributed by atoms with Gasteiger partial charge >= 0.3 is 0 Å². The molecule has 5 heteroatoms. The smallest absolute Gasteiger partial charge is 0.0847 e. The summed E-state index contributed by atoms with van der Waals surface area (Å²) in [4.78, 5) is 0. The minimum Gasteiger partial charge on any atom is -0.388 e. The first-order valence-corrected chi connectivity index (χ1v) is 6.34. The molecule has 2 aromatic rings. The molecule has 1 heterocycles. The summed E-state index contributed by atoms with van der Waals surface area (Å²) in [6.07, 6.45) is 1.74. The largest absolute Gasteiger partial charge is 0.388 e. The van der Waals surface area contributed by atoms with Crippen molar-refractivity contribution in [2.45, 2.75) is 12.5 Å². The zero-order valence-electron chi connectivity index (χ0n) is 9.27. The first kappa shape index (κ1) is 12.6. The van der Waals surface area contributed by atoms with E-state index in [4.69, 9.17) is 11.6 Å². The Morgan fingerprint density at radius 1 is 1.47 bits per heavy atom. The third-order valence-corrected chi connectivity index (χ3v) is 3.12. The molecule has 0 aliphatic rings. The second kappa shape index (κ2) is 5.21. The molecule has 0 aliphatic carbocycles. The summed E-state index contributed by atoms with van der Waals surface area (Å²) >= 11 is 9.30.